The molecule has 1 N–H and O–H groups in total. The van der Waals surface area contributed by atoms with Crippen LogP contribution in [0.25, 0.3) is 10.1 Å². The van der Waals surface area contributed by atoms with Crippen LogP contribution in [0.2, 0.25) is 0 Å². The van der Waals surface area contributed by atoms with Crippen LogP contribution in [0.15, 0.2) is 30.3 Å². The smallest absolute Gasteiger partial charge is 0.262 e. The van der Waals surface area contributed by atoms with Crippen LogP contribution in [0.3, 0.4) is 0 Å². The van der Waals surface area contributed by atoms with E-state index in [0.717, 1.165) is 11.3 Å². The highest BCUT2D eigenvalue weighted by atomic mass is 32.1. The topological polar surface area (TPSA) is 155 Å². The first-order valence-electron chi connectivity index (χ1n) is 5.42. The Morgan fingerprint density at radius 2 is 1.67 bits per heavy atom. The van der Waals surface area contributed by atoms with E-state index in [1.807, 2.05) is 0 Å². The molecule has 21 heavy (non-hydrogen) atoms. The van der Waals surface area contributed by atoms with E-state index in [1.54, 1.807) is 24.3 Å². The molecule has 0 saturated carbocycles. The van der Waals surface area contributed by atoms with E-state index in [2.05, 4.69) is 0 Å². The van der Waals surface area contributed by atoms with Gasteiger partial charge in [-0.1, -0.05) is 18.2 Å². The van der Waals surface area contributed by atoms with Gasteiger partial charge < -0.3 is 34.0 Å². The summed E-state index contributed by atoms with van der Waals surface area (Å²) in [7, 11) is -11.6. The fraction of sp³-hybridized carbons (Fsp3) is 0.100. The summed E-state index contributed by atoms with van der Waals surface area (Å²) in [5.74, 6) is -1.11. The Labute approximate surface area is 122 Å². The first-order valence-corrected chi connectivity index (χ1v) is 9.46. The highest BCUT2D eigenvalue weighted by Crippen LogP contribution is 2.48. The van der Waals surface area contributed by atoms with Gasteiger partial charge in [-0.25, -0.2) is 0 Å². The lowest BCUT2D eigenvalue weighted by atomic mass is 10.2. The first kappa shape index (κ1) is 16.3. The van der Waals surface area contributed by atoms with Gasteiger partial charge in [-0.3, -0.25) is 4.79 Å². The molecule has 2 aromatic rings. The van der Waals surface area contributed by atoms with Gasteiger partial charge in [0.25, 0.3) is 5.91 Å². The minimum Gasteiger partial charge on any atom is -0.809 e. The Morgan fingerprint density at radius 1 is 1.10 bits per heavy atom. The molecule has 1 heterocycles. The second-order valence-electron chi connectivity index (χ2n) is 4.08. The quantitative estimate of drug-likeness (QED) is 0.677. The number of benzene rings is 1. The summed E-state index contributed by atoms with van der Waals surface area (Å²) in [6.45, 7) is 0. The number of hydrogen-bond acceptors (Lipinski definition) is 8. The van der Waals surface area contributed by atoms with Gasteiger partial charge in [0.05, 0.1) is 10.4 Å². The molecule has 8 nitrogen and oxygen atoms in total. The van der Waals surface area contributed by atoms with Gasteiger partial charge in [-0.2, -0.15) is 0 Å². The molecular weight excluding hydrogens is 340 g/mol. The van der Waals surface area contributed by atoms with Crippen molar-refractivity contribution in [2.75, 3.05) is 0 Å². The molecule has 1 amide bonds. The molecule has 0 saturated heterocycles. The summed E-state index contributed by atoms with van der Waals surface area (Å²) in [6, 6.07) is 8.22. The molecule has 11 heteroatoms. The molecule has 0 atom stereocenters. The van der Waals surface area contributed by atoms with E-state index >= 15 is 0 Å². The van der Waals surface area contributed by atoms with Crippen molar-refractivity contribution in [2.45, 2.75) is 5.52 Å². The zero-order chi connectivity index (χ0) is 15.8. The van der Waals surface area contributed by atoms with E-state index < -0.39 is 26.6 Å². The van der Waals surface area contributed by atoms with Crippen LogP contribution in [0.5, 0.6) is 0 Å². The Morgan fingerprint density at radius 3 is 2.19 bits per heavy atom. The molecule has 0 fully saturated rings. The maximum absolute atomic E-state index is 11.8. The highest BCUT2D eigenvalue weighted by Gasteiger charge is 2.21. The number of thiophene rings is 1. The molecule has 1 aromatic carbocycles. The van der Waals surface area contributed by atoms with Gasteiger partial charge >= 0.3 is 0 Å². The molecular formula is C10H7NO7P2S-4. The van der Waals surface area contributed by atoms with Gasteiger partial charge in [0, 0.05) is 4.70 Å². The summed E-state index contributed by atoms with van der Waals surface area (Å²) in [6.07, 6.45) is 0. The predicted molar refractivity (Wildman–Crippen MR) is 68.3 cm³/mol. The lowest BCUT2D eigenvalue weighted by Gasteiger charge is -2.48. The van der Waals surface area contributed by atoms with Crippen molar-refractivity contribution in [3.05, 3.63) is 35.2 Å². The third-order valence-corrected chi connectivity index (χ3v) is 6.78. The van der Waals surface area contributed by atoms with Crippen LogP contribution < -0.4 is 24.9 Å². The van der Waals surface area contributed by atoms with E-state index in [-0.39, 0.29) is 4.88 Å². The largest absolute Gasteiger partial charge is 0.809 e. The zero-order valence-electron chi connectivity index (χ0n) is 10.1. The Balaban J connectivity index is 2.31. The summed E-state index contributed by atoms with van der Waals surface area (Å²) in [4.78, 5) is 55.0. The van der Waals surface area contributed by atoms with Crippen molar-refractivity contribution in [3.63, 3.8) is 0 Å². The fourth-order valence-electron chi connectivity index (χ4n) is 1.61. The molecule has 1 aromatic heterocycles. The van der Waals surface area contributed by atoms with Crippen molar-refractivity contribution in [1.29, 1.82) is 0 Å². The standard InChI is InChI=1S/C10H11NO7P2S/c12-9(11-10(19(13,14)15)20(16,17)18)8-5-6-3-1-2-4-7(6)21-8/h1-5,10H,(H,11,12)(H2,13,14,15)(H2,16,17,18)/p-4. The highest BCUT2D eigenvalue weighted by molar-refractivity contribution is 7.68. The van der Waals surface area contributed by atoms with Crippen LogP contribution in [0.1, 0.15) is 9.67 Å². The van der Waals surface area contributed by atoms with Gasteiger partial charge in [-0.15, -0.1) is 11.3 Å². The summed E-state index contributed by atoms with van der Waals surface area (Å²) in [5.41, 5.74) is -3.00. The second-order valence-corrected chi connectivity index (χ2v) is 8.76. The van der Waals surface area contributed by atoms with Crippen molar-refractivity contribution in [1.82, 2.24) is 5.32 Å². The van der Waals surface area contributed by atoms with Crippen LogP contribution in [-0.2, 0) is 9.13 Å². The van der Waals surface area contributed by atoms with Crippen molar-refractivity contribution in [3.8, 4) is 0 Å². The van der Waals surface area contributed by atoms with E-state index in [4.69, 9.17) is 0 Å². The molecule has 0 radical (unpaired) electrons. The van der Waals surface area contributed by atoms with Crippen LogP contribution in [0, 0.1) is 0 Å². The molecule has 2 rings (SSSR count). The normalized spacial score (nSPS) is 12.8. The third kappa shape index (κ3) is 3.78. The van der Waals surface area contributed by atoms with Gasteiger partial charge in [0.1, 0.15) is 0 Å². The Bertz CT molecular complexity index is 722. The summed E-state index contributed by atoms with van der Waals surface area (Å²) >= 11 is 0.969. The summed E-state index contributed by atoms with van der Waals surface area (Å²) in [5, 5.41) is 2.15. The second kappa shape index (κ2) is 5.62. The molecule has 0 aliphatic heterocycles. The van der Waals surface area contributed by atoms with Crippen molar-refractivity contribution < 1.29 is 33.5 Å². The van der Waals surface area contributed by atoms with E-state index in [9.17, 15) is 33.5 Å². The zero-order valence-corrected chi connectivity index (χ0v) is 12.7. The van der Waals surface area contributed by atoms with Crippen molar-refractivity contribution >= 4 is 42.5 Å². The maximum atomic E-state index is 11.8. The lowest BCUT2D eigenvalue weighted by molar-refractivity contribution is -0.330. The molecule has 0 spiro atoms. The molecule has 0 bridgehead atoms. The SMILES string of the molecule is O=C(NC(P(=O)([O-])[O-])P(=O)([O-])[O-])c1cc2ccccc2s1. The van der Waals surface area contributed by atoms with Crippen LogP contribution in [-0.4, -0.2) is 11.4 Å². The molecule has 0 unspecified atom stereocenters. The predicted octanol–water partition coefficient (Wildman–Crippen LogP) is -1.26. The van der Waals surface area contributed by atoms with Gasteiger partial charge in [-0.05, 0) is 32.7 Å². The maximum Gasteiger partial charge on any atom is 0.262 e. The number of amides is 1. The molecule has 0 aliphatic carbocycles. The Hall–Kier alpha value is -1.05. The van der Waals surface area contributed by atoms with Gasteiger partial charge in [0.15, 0.2) is 0 Å². The number of rotatable bonds is 4. The minimum absolute atomic E-state index is 0.0110. The summed E-state index contributed by atoms with van der Waals surface area (Å²) < 4.78 is 22.3. The monoisotopic (exact) mass is 347 g/mol. The number of hydrogen-bond donors (Lipinski definition) is 1. The average molecular weight is 347 g/mol. The fourth-order valence-corrected chi connectivity index (χ4v) is 4.52. The van der Waals surface area contributed by atoms with Crippen LogP contribution >= 0.6 is 26.5 Å². The van der Waals surface area contributed by atoms with E-state index in [0.29, 0.717) is 10.1 Å². The number of nitrogens with one attached hydrogen (secondary N) is 1. The molecule has 0 aliphatic rings. The number of carbonyl (C=O) groups excluding carboxylic acids is 1. The minimum atomic E-state index is -5.82. The number of fused-ring (bicyclic) bond motifs is 1. The Kier molecular flexibility index (Phi) is 4.37. The average Bonchev–Trinajstić information content (AvgIpc) is 2.76. The third-order valence-electron chi connectivity index (χ3n) is 2.51. The van der Waals surface area contributed by atoms with E-state index in [1.165, 1.54) is 11.4 Å². The van der Waals surface area contributed by atoms with Crippen LogP contribution in [0.4, 0.5) is 0 Å². The molecule has 114 valence electrons. The van der Waals surface area contributed by atoms with Gasteiger partial charge in [0.2, 0.25) is 0 Å². The number of carbonyl (C=O) groups is 1. The van der Waals surface area contributed by atoms with Crippen molar-refractivity contribution in [2.24, 2.45) is 0 Å². The lowest BCUT2D eigenvalue weighted by Crippen LogP contribution is -2.45. The first-order chi connectivity index (χ1) is 9.59.